The fourth-order valence-corrected chi connectivity index (χ4v) is 3.61. The summed E-state index contributed by atoms with van der Waals surface area (Å²) in [7, 11) is 0. The molecule has 3 heterocycles. The summed E-state index contributed by atoms with van der Waals surface area (Å²) in [4.78, 5) is 16.4. The quantitative estimate of drug-likeness (QED) is 0.831. The molecule has 1 amide bonds. The van der Waals surface area contributed by atoms with Gasteiger partial charge in [0.25, 0.3) is 0 Å². The molecule has 25 heavy (non-hydrogen) atoms. The van der Waals surface area contributed by atoms with Crippen molar-refractivity contribution in [3.8, 4) is 0 Å². The van der Waals surface area contributed by atoms with Crippen LogP contribution < -0.4 is 0 Å². The lowest BCUT2D eigenvalue weighted by Crippen LogP contribution is -2.47. The van der Waals surface area contributed by atoms with Gasteiger partial charge in [-0.25, -0.2) is 9.07 Å². The zero-order chi connectivity index (χ0) is 17.2. The van der Waals surface area contributed by atoms with Crippen LogP contribution in [-0.4, -0.2) is 76.6 Å². The normalized spacial score (nSPS) is 20.3. The minimum absolute atomic E-state index is 0.184. The van der Waals surface area contributed by atoms with E-state index in [2.05, 4.69) is 15.2 Å². The molecule has 0 aliphatic carbocycles. The molecule has 0 spiro atoms. The third-order valence-electron chi connectivity index (χ3n) is 5.06. The summed E-state index contributed by atoms with van der Waals surface area (Å²) in [5, 5.41) is 8.28. The Hall–Kier alpha value is -2.06. The Labute approximate surface area is 145 Å². The molecule has 2 fully saturated rings. The molecule has 8 heteroatoms. The van der Waals surface area contributed by atoms with Crippen molar-refractivity contribution in [3.05, 3.63) is 24.0 Å². The molecule has 134 valence electrons. The first-order valence-corrected chi connectivity index (χ1v) is 8.79. The predicted octanol–water partition coefficient (Wildman–Crippen LogP) is 1.07. The van der Waals surface area contributed by atoms with E-state index < -0.39 is 0 Å². The van der Waals surface area contributed by atoms with Crippen LogP contribution in [0.1, 0.15) is 18.9 Å². The van der Waals surface area contributed by atoms with Crippen molar-refractivity contribution in [2.24, 2.45) is 0 Å². The summed E-state index contributed by atoms with van der Waals surface area (Å²) < 4.78 is 20.5. The number of benzene rings is 1. The van der Waals surface area contributed by atoms with Crippen LogP contribution in [-0.2, 0) is 9.53 Å². The number of hydrogen-bond acceptors (Lipinski definition) is 5. The van der Waals surface area contributed by atoms with Gasteiger partial charge in [-0.15, -0.1) is 5.10 Å². The highest BCUT2D eigenvalue weighted by molar-refractivity contribution is 5.78. The summed E-state index contributed by atoms with van der Waals surface area (Å²) in [6.07, 6.45) is 1.82. The zero-order valence-corrected chi connectivity index (χ0v) is 14.1. The molecule has 0 bridgehead atoms. The van der Waals surface area contributed by atoms with Gasteiger partial charge >= 0.3 is 0 Å². The van der Waals surface area contributed by atoms with E-state index in [-0.39, 0.29) is 17.8 Å². The monoisotopic (exact) mass is 347 g/mol. The van der Waals surface area contributed by atoms with Crippen molar-refractivity contribution in [2.75, 3.05) is 45.9 Å². The molecule has 2 aromatic rings. The molecule has 0 atom stereocenters. The molecule has 2 saturated heterocycles. The van der Waals surface area contributed by atoms with Gasteiger partial charge in [0.2, 0.25) is 5.91 Å². The van der Waals surface area contributed by atoms with Crippen molar-refractivity contribution in [1.29, 1.82) is 0 Å². The SMILES string of the molecule is O=C(CN1CCC(n2nnc3cc(F)ccc32)CC1)N1CCOCC1. The fraction of sp³-hybridized carbons (Fsp3) is 0.588. The Kier molecular flexibility index (Phi) is 4.63. The number of halogens is 1. The van der Waals surface area contributed by atoms with Gasteiger partial charge < -0.3 is 9.64 Å². The first-order chi connectivity index (χ1) is 12.2. The topological polar surface area (TPSA) is 63.5 Å². The number of hydrogen-bond donors (Lipinski definition) is 0. The number of piperidine rings is 1. The second kappa shape index (κ2) is 7.05. The third kappa shape index (κ3) is 3.50. The Balaban J connectivity index is 1.35. The molecule has 0 unspecified atom stereocenters. The summed E-state index contributed by atoms with van der Waals surface area (Å²) in [5.74, 6) is -0.112. The van der Waals surface area contributed by atoms with E-state index >= 15 is 0 Å². The van der Waals surface area contributed by atoms with E-state index in [9.17, 15) is 9.18 Å². The molecule has 1 aromatic heterocycles. The number of carbonyl (C=O) groups excluding carboxylic acids is 1. The predicted molar refractivity (Wildman–Crippen MR) is 89.6 cm³/mol. The number of likely N-dealkylation sites (tertiary alicyclic amines) is 1. The van der Waals surface area contributed by atoms with Gasteiger partial charge in [0.05, 0.1) is 31.3 Å². The van der Waals surface area contributed by atoms with Crippen molar-refractivity contribution in [1.82, 2.24) is 24.8 Å². The fourth-order valence-electron chi connectivity index (χ4n) is 3.61. The average Bonchev–Trinajstić information content (AvgIpc) is 3.06. The average molecular weight is 347 g/mol. The van der Waals surface area contributed by atoms with E-state index in [1.807, 2.05) is 9.58 Å². The van der Waals surface area contributed by atoms with Crippen LogP contribution in [0.2, 0.25) is 0 Å². The van der Waals surface area contributed by atoms with Crippen LogP contribution in [0, 0.1) is 5.82 Å². The summed E-state index contributed by atoms with van der Waals surface area (Å²) >= 11 is 0. The van der Waals surface area contributed by atoms with Crippen LogP contribution in [0.5, 0.6) is 0 Å². The van der Waals surface area contributed by atoms with Gasteiger partial charge in [0, 0.05) is 32.2 Å². The van der Waals surface area contributed by atoms with Gasteiger partial charge in [0.15, 0.2) is 0 Å². The molecule has 0 radical (unpaired) electrons. The lowest BCUT2D eigenvalue weighted by molar-refractivity contribution is -0.136. The Bertz CT molecular complexity index is 751. The van der Waals surface area contributed by atoms with Crippen LogP contribution in [0.25, 0.3) is 11.0 Å². The number of aromatic nitrogens is 3. The number of amides is 1. The number of rotatable bonds is 3. The molecule has 1 aromatic carbocycles. The van der Waals surface area contributed by atoms with Crippen molar-refractivity contribution >= 4 is 16.9 Å². The number of carbonyl (C=O) groups is 1. The molecule has 2 aliphatic rings. The number of nitrogens with zero attached hydrogens (tertiary/aromatic N) is 5. The second-order valence-corrected chi connectivity index (χ2v) is 6.67. The molecule has 4 rings (SSSR count). The Morgan fingerprint density at radius 2 is 1.96 bits per heavy atom. The third-order valence-corrected chi connectivity index (χ3v) is 5.06. The van der Waals surface area contributed by atoms with Gasteiger partial charge in [-0.2, -0.15) is 0 Å². The van der Waals surface area contributed by atoms with Crippen molar-refractivity contribution in [2.45, 2.75) is 18.9 Å². The Morgan fingerprint density at radius 1 is 1.20 bits per heavy atom. The molecule has 7 nitrogen and oxygen atoms in total. The number of ether oxygens (including phenoxy) is 1. The second-order valence-electron chi connectivity index (χ2n) is 6.67. The van der Waals surface area contributed by atoms with E-state index in [0.29, 0.717) is 38.4 Å². The maximum Gasteiger partial charge on any atom is 0.236 e. The van der Waals surface area contributed by atoms with E-state index in [0.717, 1.165) is 31.4 Å². The largest absolute Gasteiger partial charge is 0.378 e. The van der Waals surface area contributed by atoms with Crippen molar-refractivity contribution < 1.29 is 13.9 Å². The van der Waals surface area contributed by atoms with Crippen molar-refractivity contribution in [3.63, 3.8) is 0 Å². The summed E-state index contributed by atoms with van der Waals surface area (Å²) in [6.45, 7) is 4.82. The first kappa shape index (κ1) is 16.4. The Morgan fingerprint density at radius 3 is 2.72 bits per heavy atom. The highest BCUT2D eigenvalue weighted by Crippen LogP contribution is 2.25. The van der Waals surface area contributed by atoms with Crippen LogP contribution >= 0.6 is 0 Å². The first-order valence-electron chi connectivity index (χ1n) is 8.79. The van der Waals surface area contributed by atoms with E-state index in [1.54, 1.807) is 6.07 Å². The highest BCUT2D eigenvalue weighted by Gasteiger charge is 2.26. The van der Waals surface area contributed by atoms with Crippen LogP contribution in [0.3, 0.4) is 0 Å². The summed E-state index contributed by atoms with van der Waals surface area (Å²) in [5.41, 5.74) is 1.45. The molecular weight excluding hydrogens is 325 g/mol. The standard InChI is InChI=1S/C17H22FN5O2/c18-13-1-2-16-15(11-13)19-20-23(16)14-3-5-21(6-4-14)12-17(24)22-7-9-25-10-8-22/h1-2,11,14H,3-10,12H2. The summed E-state index contributed by atoms with van der Waals surface area (Å²) in [6, 6.07) is 4.83. The van der Waals surface area contributed by atoms with Crippen LogP contribution in [0.15, 0.2) is 18.2 Å². The maximum absolute atomic E-state index is 13.3. The molecule has 0 N–H and O–H groups in total. The molecule has 2 aliphatic heterocycles. The van der Waals surface area contributed by atoms with Gasteiger partial charge in [0.1, 0.15) is 11.3 Å². The van der Waals surface area contributed by atoms with Gasteiger partial charge in [-0.05, 0) is 25.0 Å². The smallest absolute Gasteiger partial charge is 0.236 e. The minimum atomic E-state index is -0.295. The highest BCUT2D eigenvalue weighted by atomic mass is 19.1. The van der Waals surface area contributed by atoms with E-state index in [4.69, 9.17) is 4.74 Å². The van der Waals surface area contributed by atoms with Gasteiger partial charge in [-0.3, -0.25) is 9.69 Å². The van der Waals surface area contributed by atoms with Crippen LogP contribution in [0.4, 0.5) is 4.39 Å². The lowest BCUT2D eigenvalue weighted by atomic mass is 10.0. The molecule has 0 saturated carbocycles. The molecular formula is C17H22FN5O2. The zero-order valence-electron chi connectivity index (χ0n) is 14.1. The minimum Gasteiger partial charge on any atom is -0.378 e. The number of morpholine rings is 1. The lowest BCUT2D eigenvalue weighted by Gasteiger charge is -2.34. The van der Waals surface area contributed by atoms with Gasteiger partial charge in [-0.1, -0.05) is 5.21 Å². The number of fused-ring (bicyclic) bond motifs is 1. The maximum atomic E-state index is 13.3. The van der Waals surface area contributed by atoms with E-state index in [1.165, 1.54) is 12.1 Å².